The number of hydrogen-bond acceptors (Lipinski definition) is 3. The van der Waals surface area contributed by atoms with E-state index in [9.17, 15) is 4.79 Å². The lowest BCUT2D eigenvalue weighted by Crippen LogP contribution is -2.30. The van der Waals surface area contributed by atoms with Gasteiger partial charge in [0.05, 0.1) is 6.54 Å². The van der Waals surface area contributed by atoms with Crippen molar-refractivity contribution in [1.82, 2.24) is 4.90 Å². The number of aliphatic hydroxyl groups excluding tert-OH is 1. The summed E-state index contributed by atoms with van der Waals surface area (Å²) < 4.78 is 0. The fourth-order valence-corrected chi connectivity index (χ4v) is 1.40. The van der Waals surface area contributed by atoms with Crippen molar-refractivity contribution in [1.29, 1.82) is 0 Å². The fourth-order valence-electron chi connectivity index (χ4n) is 1.40. The van der Waals surface area contributed by atoms with Crippen molar-refractivity contribution in [3.05, 3.63) is 0 Å². The van der Waals surface area contributed by atoms with Gasteiger partial charge in [-0.1, -0.05) is 13.8 Å². The van der Waals surface area contributed by atoms with Crippen LogP contribution < -0.4 is 0 Å². The van der Waals surface area contributed by atoms with Crippen molar-refractivity contribution in [2.45, 2.75) is 39.5 Å². The third kappa shape index (κ3) is 7.51. The Bertz CT molecular complexity index is 171. The highest BCUT2D eigenvalue weighted by atomic mass is 16.2. The Labute approximate surface area is 93.5 Å². The summed E-state index contributed by atoms with van der Waals surface area (Å²) in [4.78, 5) is 13.7. The first-order valence-electron chi connectivity index (χ1n) is 5.93. The molecular weight excluding hydrogens is 190 g/mol. The number of carbonyl (C=O) groups excluding carboxylic acids is 1. The third-order valence-electron chi connectivity index (χ3n) is 2.79. The van der Waals surface area contributed by atoms with Crippen molar-refractivity contribution in [2.24, 2.45) is 5.92 Å². The highest BCUT2D eigenvalue weighted by molar-refractivity contribution is 5.82. The van der Waals surface area contributed by atoms with Crippen molar-refractivity contribution in [2.75, 3.05) is 26.7 Å². The second-order valence-electron chi connectivity index (χ2n) is 4.30. The molecule has 90 valence electrons. The molecule has 0 saturated carbocycles. The molecule has 0 amide bonds. The molecule has 0 rings (SSSR count). The first kappa shape index (κ1) is 14.6. The van der Waals surface area contributed by atoms with Crippen LogP contribution in [0.3, 0.4) is 0 Å². The summed E-state index contributed by atoms with van der Waals surface area (Å²) in [6.45, 7) is 5.82. The zero-order valence-electron chi connectivity index (χ0n) is 10.3. The Hall–Kier alpha value is -0.410. The van der Waals surface area contributed by atoms with Gasteiger partial charge >= 0.3 is 0 Å². The summed E-state index contributed by atoms with van der Waals surface area (Å²) in [6, 6.07) is 0. The minimum Gasteiger partial charge on any atom is -0.396 e. The van der Waals surface area contributed by atoms with Crippen molar-refractivity contribution in [3.63, 3.8) is 0 Å². The van der Waals surface area contributed by atoms with E-state index in [4.69, 9.17) is 5.11 Å². The lowest BCUT2D eigenvalue weighted by Gasteiger charge is -2.17. The standard InChI is InChI=1S/C12H25NO2/c1-4-11(2)12(15)10-13(3)8-6-5-7-9-14/h11,14H,4-10H2,1-3H3. The number of aliphatic hydroxyl groups is 1. The van der Waals surface area contributed by atoms with Gasteiger partial charge in [0, 0.05) is 12.5 Å². The Balaban J connectivity index is 3.55. The first-order valence-corrected chi connectivity index (χ1v) is 5.93. The minimum atomic E-state index is 0.185. The maximum Gasteiger partial charge on any atom is 0.149 e. The highest BCUT2D eigenvalue weighted by Crippen LogP contribution is 2.04. The van der Waals surface area contributed by atoms with E-state index in [1.54, 1.807) is 0 Å². The average molecular weight is 215 g/mol. The minimum absolute atomic E-state index is 0.185. The zero-order chi connectivity index (χ0) is 11.7. The van der Waals surface area contributed by atoms with Crippen LogP contribution in [0.2, 0.25) is 0 Å². The Morgan fingerprint density at radius 2 is 2.00 bits per heavy atom. The van der Waals surface area contributed by atoms with Gasteiger partial charge in [-0.05, 0) is 39.3 Å². The molecule has 0 heterocycles. The quantitative estimate of drug-likeness (QED) is 0.595. The molecule has 0 radical (unpaired) electrons. The van der Waals surface area contributed by atoms with Crippen LogP contribution in [-0.4, -0.2) is 42.5 Å². The SMILES string of the molecule is CCC(C)C(=O)CN(C)CCCCCO. The summed E-state index contributed by atoms with van der Waals surface area (Å²) in [7, 11) is 1.99. The topological polar surface area (TPSA) is 40.5 Å². The molecule has 3 nitrogen and oxygen atoms in total. The predicted molar refractivity (Wildman–Crippen MR) is 62.9 cm³/mol. The van der Waals surface area contributed by atoms with Crippen LogP contribution in [0.4, 0.5) is 0 Å². The molecule has 1 N–H and O–H groups in total. The molecule has 0 fully saturated rings. The number of ketones is 1. The second kappa shape index (κ2) is 8.86. The van der Waals surface area contributed by atoms with E-state index in [1.807, 2.05) is 20.9 Å². The molecule has 0 spiro atoms. The number of likely N-dealkylation sites (N-methyl/N-ethyl adjacent to an activating group) is 1. The lowest BCUT2D eigenvalue weighted by molar-refractivity contribution is -0.123. The fraction of sp³-hybridized carbons (Fsp3) is 0.917. The maximum atomic E-state index is 11.6. The van der Waals surface area contributed by atoms with E-state index < -0.39 is 0 Å². The van der Waals surface area contributed by atoms with Gasteiger partial charge in [-0.2, -0.15) is 0 Å². The number of carbonyl (C=O) groups is 1. The predicted octanol–water partition coefficient (Wildman–Crippen LogP) is 1.70. The van der Waals surface area contributed by atoms with E-state index in [-0.39, 0.29) is 12.5 Å². The smallest absolute Gasteiger partial charge is 0.149 e. The van der Waals surface area contributed by atoms with E-state index in [0.29, 0.717) is 12.3 Å². The molecule has 1 unspecified atom stereocenters. The van der Waals surface area contributed by atoms with E-state index in [2.05, 4.69) is 4.90 Å². The van der Waals surface area contributed by atoms with Crippen molar-refractivity contribution < 1.29 is 9.90 Å². The first-order chi connectivity index (χ1) is 7.11. The number of hydrogen-bond donors (Lipinski definition) is 1. The summed E-state index contributed by atoms with van der Waals surface area (Å²) in [5.41, 5.74) is 0. The van der Waals surface area contributed by atoms with Crippen molar-refractivity contribution >= 4 is 5.78 Å². The number of rotatable bonds is 9. The van der Waals surface area contributed by atoms with E-state index in [1.165, 1.54) is 0 Å². The maximum absolute atomic E-state index is 11.6. The van der Waals surface area contributed by atoms with Gasteiger partial charge in [0.2, 0.25) is 0 Å². The summed E-state index contributed by atoms with van der Waals surface area (Å²) >= 11 is 0. The van der Waals surface area contributed by atoms with Gasteiger partial charge in [0.1, 0.15) is 5.78 Å². The number of nitrogens with zero attached hydrogens (tertiary/aromatic N) is 1. The molecule has 0 aliphatic carbocycles. The molecule has 1 atom stereocenters. The van der Waals surface area contributed by atoms with Gasteiger partial charge in [-0.15, -0.1) is 0 Å². The Kier molecular flexibility index (Phi) is 8.62. The summed E-state index contributed by atoms with van der Waals surface area (Å²) in [6.07, 6.45) is 3.90. The number of unbranched alkanes of at least 4 members (excludes halogenated alkanes) is 2. The molecule has 15 heavy (non-hydrogen) atoms. The zero-order valence-corrected chi connectivity index (χ0v) is 10.3. The van der Waals surface area contributed by atoms with Gasteiger partial charge in [0.25, 0.3) is 0 Å². The van der Waals surface area contributed by atoms with Gasteiger partial charge in [-0.3, -0.25) is 9.69 Å². The van der Waals surface area contributed by atoms with E-state index >= 15 is 0 Å². The molecule has 0 aliphatic heterocycles. The average Bonchev–Trinajstić information content (AvgIpc) is 2.23. The summed E-state index contributed by atoms with van der Waals surface area (Å²) in [5.74, 6) is 0.520. The molecular formula is C12H25NO2. The molecule has 0 saturated heterocycles. The van der Waals surface area contributed by atoms with Crippen LogP contribution in [-0.2, 0) is 4.79 Å². The van der Waals surface area contributed by atoms with Crippen molar-refractivity contribution in [3.8, 4) is 0 Å². The van der Waals surface area contributed by atoms with Crippen LogP contribution >= 0.6 is 0 Å². The van der Waals surface area contributed by atoms with Gasteiger partial charge < -0.3 is 5.11 Å². The molecule has 0 aromatic rings. The molecule has 0 aromatic heterocycles. The van der Waals surface area contributed by atoms with Crippen LogP contribution in [0, 0.1) is 5.92 Å². The molecule has 0 bridgehead atoms. The Morgan fingerprint density at radius 3 is 2.53 bits per heavy atom. The van der Waals surface area contributed by atoms with Crippen LogP contribution in [0.15, 0.2) is 0 Å². The Morgan fingerprint density at radius 1 is 1.33 bits per heavy atom. The molecule has 3 heteroatoms. The third-order valence-corrected chi connectivity index (χ3v) is 2.79. The van der Waals surface area contributed by atoms with Crippen LogP contribution in [0.5, 0.6) is 0 Å². The highest BCUT2D eigenvalue weighted by Gasteiger charge is 2.12. The monoisotopic (exact) mass is 215 g/mol. The second-order valence-corrected chi connectivity index (χ2v) is 4.30. The van der Waals surface area contributed by atoms with E-state index in [0.717, 1.165) is 32.2 Å². The molecule has 0 aromatic carbocycles. The number of Topliss-reactive ketones (excluding diaryl/α,β-unsaturated/α-hetero) is 1. The normalized spacial score (nSPS) is 13.1. The molecule has 0 aliphatic rings. The van der Waals surface area contributed by atoms with Crippen LogP contribution in [0.1, 0.15) is 39.5 Å². The van der Waals surface area contributed by atoms with Gasteiger partial charge in [0.15, 0.2) is 0 Å². The lowest BCUT2D eigenvalue weighted by atomic mass is 10.0. The van der Waals surface area contributed by atoms with Gasteiger partial charge in [-0.25, -0.2) is 0 Å². The largest absolute Gasteiger partial charge is 0.396 e. The summed E-state index contributed by atoms with van der Waals surface area (Å²) in [5, 5.41) is 8.61. The van der Waals surface area contributed by atoms with Crippen LogP contribution in [0.25, 0.3) is 0 Å².